The summed E-state index contributed by atoms with van der Waals surface area (Å²) < 4.78 is 10.4. The van der Waals surface area contributed by atoms with E-state index in [1.807, 2.05) is 0 Å². The lowest BCUT2D eigenvalue weighted by Gasteiger charge is -2.49. The van der Waals surface area contributed by atoms with Crippen molar-refractivity contribution in [2.45, 2.75) is 64.7 Å². The van der Waals surface area contributed by atoms with Crippen LogP contribution in [0.25, 0.3) is 0 Å². The summed E-state index contributed by atoms with van der Waals surface area (Å²) >= 11 is 0. The van der Waals surface area contributed by atoms with E-state index in [9.17, 15) is 14.4 Å². The average Bonchev–Trinajstić information content (AvgIpc) is 2.18. The summed E-state index contributed by atoms with van der Waals surface area (Å²) in [5.74, 6) is -1.06. The van der Waals surface area contributed by atoms with Crippen molar-refractivity contribution >= 4 is 18.2 Å². The third kappa shape index (κ3) is 6.33. The Morgan fingerprint density at radius 2 is 1.52 bits per heavy atom. The summed E-state index contributed by atoms with van der Waals surface area (Å²) in [4.78, 5) is 36.2. The summed E-state index contributed by atoms with van der Waals surface area (Å²) in [5.41, 5.74) is -2.37. The second-order valence-corrected chi connectivity index (χ2v) is 7.81. The summed E-state index contributed by atoms with van der Waals surface area (Å²) in [6.07, 6.45) is -1.54. The smallest absolute Gasteiger partial charge is 0.410 e. The van der Waals surface area contributed by atoms with Crippen molar-refractivity contribution in [2.24, 2.45) is 0 Å². The number of carbonyl (C=O) groups excluding carboxylic acids is 2. The van der Waals surface area contributed by atoms with Crippen molar-refractivity contribution in [3.8, 4) is 0 Å². The fourth-order valence-electron chi connectivity index (χ4n) is 2.18. The van der Waals surface area contributed by atoms with Crippen LogP contribution in [-0.4, -0.2) is 58.0 Å². The lowest BCUT2D eigenvalue weighted by Crippen LogP contribution is -2.72. The van der Waals surface area contributed by atoms with Crippen LogP contribution in [0.4, 0.5) is 9.59 Å². The Morgan fingerprint density at radius 3 is 1.91 bits per heavy atom. The van der Waals surface area contributed by atoms with Crippen LogP contribution in [0.5, 0.6) is 0 Å². The zero-order chi connectivity index (χ0) is 18.1. The Balaban J connectivity index is 2.69. The Kier molecular flexibility index (Phi) is 5.18. The van der Waals surface area contributed by atoms with Gasteiger partial charge in [-0.05, 0) is 41.5 Å². The number of amides is 2. The molecule has 0 atom stereocenters. The molecule has 0 aromatic rings. The molecule has 23 heavy (non-hydrogen) atoms. The topological polar surface area (TPSA) is 105 Å². The Labute approximate surface area is 136 Å². The van der Waals surface area contributed by atoms with Crippen LogP contribution in [0.15, 0.2) is 0 Å². The minimum atomic E-state index is -1.06. The largest absolute Gasteiger partial charge is 0.481 e. The maximum atomic E-state index is 11.9. The van der Waals surface area contributed by atoms with E-state index in [1.54, 1.807) is 41.5 Å². The van der Waals surface area contributed by atoms with Gasteiger partial charge in [0.05, 0.1) is 12.0 Å². The number of likely N-dealkylation sites (tertiary alicyclic amines) is 1. The Bertz CT molecular complexity index is 483. The maximum absolute atomic E-state index is 11.9. The molecule has 132 valence electrons. The third-order valence-corrected chi connectivity index (χ3v) is 2.89. The zero-order valence-corrected chi connectivity index (χ0v) is 14.6. The Morgan fingerprint density at radius 1 is 1.04 bits per heavy atom. The van der Waals surface area contributed by atoms with Crippen LogP contribution in [0, 0.1) is 0 Å². The molecular formula is C15H26N2O6. The van der Waals surface area contributed by atoms with E-state index in [0.29, 0.717) is 0 Å². The Hall–Kier alpha value is -1.99. The number of carboxylic acid groups (broad SMARTS) is 1. The number of alkyl carbamates (subject to hydrolysis) is 1. The van der Waals surface area contributed by atoms with Gasteiger partial charge in [-0.15, -0.1) is 0 Å². The van der Waals surface area contributed by atoms with Gasteiger partial charge in [0.25, 0.3) is 0 Å². The monoisotopic (exact) mass is 330 g/mol. The van der Waals surface area contributed by atoms with Crippen molar-refractivity contribution in [2.75, 3.05) is 13.1 Å². The summed E-state index contributed by atoms with van der Waals surface area (Å²) in [6.45, 7) is 10.5. The number of rotatable bonds is 3. The van der Waals surface area contributed by atoms with Crippen LogP contribution >= 0.6 is 0 Å². The van der Waals surface area contributed by atoms with Gasteiger partial charge in [0.15, 0.2) is 0 Å². The van der Waals surface area contributed by atoms with Crippen LogP contribution < -0.4 is 5.32 Å². The van der Waals surface area contributed by atoms with Crippen LogP contribution in [-0.2, 0) is 14.3 Å². The molecule has 2 amide bonds. The molecule has 8 heteroatoms. The molecule has 0 bridgehead atoms. The van der Waals surface area contributed by atoms with E-state index in [1.165, 1.54) is 4.90 Å². The first-order valence-electron chi connectivity index (χ1n) is 7.42. The van der Waals surface area contributed by atoms with Gasteiger partial charge in [-0.1, -0.05) is 0 Å². The molecule has 1 aliphatic heterocycles. The third-order valence-electron chi connectivity index (χ3n) is 2.89. The number of hydrogen-bond donors (Lipinski definition) is 2. The minimum Gasteiger partial charge on any atom is -0.481 e. The lowest BCUT2D eigenvalue weighted by molar-refractivity contribution is -0.140. The van der Waals surface area contributed by atoms with Gasteiger partial charge in [-0.2, -0.15) is 0 Å². The van der Waals surface area contributed by atoms with Crippen molar-refractivity contribution in [3.05, 3.63) is 0 Å². The number of carboxylic acids is 1. The van der Waals surface area contributed by atoms with E-state index in [4.69, 9.17) is 14.6 Å². The van der Waals surface area contributed by atoms with Crippen molar-refractivity contribution in [1.29, 1.82) is 0 Å². The SMILES string of the molecule is CC(C)(C)OC(=O)NC1(CC(=O)O)CN(C(=O)OC(C)(C)C)C1. The first-order valence-corrected chi connectivity index (χ1v) is 7.42. The van der Waals surface area contributed by atoms with Crippen LogP contribution in [0.1, 0.15) is 48.0 Å². The fourth-order valence-corrected chi connectivity index (χ4v) is 2.18. The molecule has 1 fully saturated rings. The average molecular weight is 330 g/mol. The van der Waals surface area contributed by atoms with Gasteiger partial charge < -0.3 is 24.8 Å². The summed E-state index contributed by atoms with van der Waals surface area (Å²) in [5, 5.41) is 11.6. The first-order chi connectivity index (χ1) is 10.2. The van der Waals surface area contributed by atoms with Gasteiger partial charge in [0.1, 0.15) is 11.2 Å². The molecule has 0 radical (unpaired) electrons. The second-order valence-electron chi connectivity index (χ2n) is 7.81. The van der Waals surface area contributed by atoms with Gasteiger partial charge >= 0.3 is 18.2 Å². The van der Waals surface area contributed by atoms with E-state index in [-0.39, 0.29) is 19.5 Å². The van der Waals surface area contributed by atoms with E-state index in [0.717, 1.165) is 0 Å². The second kappa shape index (κ2) is 6.25. The molecule has 1 aliphatic rings. The summed E-state index contributed by atoms with van der Waals surface area (Å²) in [7, 11) is 0. The van der Waals surface area contributed by atoms with E-state index < -0.39 is 34.9 Å². The maximum Gasteiger partial charge on any atom is 0.410 e. The molecule has 0 aromatic heterocycles. The highest BCUT2D eigenvalue weighted by Gasteiger charge is 2.49. The minimum absolute atomic E-state index is 0.0630. The van der Waals surface area contributed by atoms with E-state index >= 15 is 0 Å². The molecule has 0 saturated carbocycles. The first kappa shape index (κ1) is 19.1. The molecule has 8 nitrogen and oxygen atoms in total. The van der Waals surface area contributed by atoms with Crippen LogP contribution in [0.2, 0.25) is 0 Å². The predicted molar refractivity (Wildman–Crippen MR) is 82.2 cm³/mol. The molecule has 0 spiro atoms. The summed E-state index contributed by atoms with van der Waals surface area (Å²) in [6, 6.07) is 0. The lowest BCUT2D eigenvalue weighted by atomic mass is 9.86. The van der Waals surface area contributed by atoms with Gasteiger partial charge in [-0.25, -0.2) is 9.59 Å². The predicted octanol–water partition coefficient (Wildman–Crippen LogP) is 1.98. The van der Waals surface area contributed by atoms with Crippen molar-refractivity contribution < 1.29 is 29.0 Å². The normalized spacial score (nSPS) is 17.0. The number of aliphatic carboxylic acids is 1. The number of ether oxygens (including phenoxy) is 2. The van der Waals surface area contributed by atoms with Gasteiger partial charge in [0.2, 0.25) is 0 Å². The fraction of sp³-hybridized carbons (Fsp3) is 0.800. The molecule has 1 saturated heterocycles. The molecule has 0 aliphatic carbocycles. The van der Waals surface area contributed by atoms with Crippen molar-refractivity contribution in [1.82, 2.24) is 10.2 Å². The van der Waals surface area contributed by atoms with Gasteiger partial charge in [-0.3, -0.25) is 4.79 Å². The highest BCUT2D eigenvalue weighted by Crippen LogP contribution is 2.27. The highest BCUT2D eigenvalue weighted by atomic mass is 16.6. The number of carbonyl (C=O) groups is 3. The molecule has 0 aromatic carbocycles. The van der Waals surface area contributed by atoms with Crippen molar-refractivity contribution in [3.63, 3.8) is 0 Å². The molecule has 0 unspecified atom stereocenters. The highest BCUT2D eigenvalue weighted by molar-refractivity contribution is 5.76. The van der Waals surface area contributed by atoms with Gasteiger partial charge in [0, 0.05) is 13.1 Å². The number of nitrogens with zero attached hydrogens (tertiary/aromatic N) is 1. The number of nitrogens with one attached hydrogen (secondary N) is 1. The standard InChI is InChI=1S/C15H26N2O6/c1-13(2,3)22-11(20)16-15(7-10(18)19)8-17(9-15)12(21)23-14(4,5)6/h7-9H2,1-6H3,(H,16,20)(H,18,19). The van der Waals surface area contributed by atoms with Crippen LogP contribution in [0.3, 0.4) is 0 Å². The quantitative estimate of drug-likeness (QED) is 0.819. The number of hydrogen-bond acceptors (Lipinski definition) is 5. The molecular weight excluding hydrogens is 304 g/mol. The molecule has 1 heterocycles. The molecule has 2 N–H and O–H groups in total. The molecule has 1 rings (SSSR count). The zero-order valence-electron chi connectivity index (χ0n) is 14.6. The van der Waals surface area contributed by atoms with E-state index in [2.05, 4.69) is 5.32 Å².